The first-order valence-electron chi connectivity index (χ1n) is 7.93. The normalized spacial score (nSPS) is 24.2. The maximum atomic E-state index is 12.2. The predicted molar refractivity (Wildman–Crippen MR) is 87.9 cm³/mol. The summed E-state index contributed by atoms with van der Waals surface area (Å²) in [5.74, 6) is 1.84. The summed E-state index contributed by atoms with van der Waals surface area (Å²) in [5, 5.41) is 3.06. The molecular formula is C15H29N3O2S. The van der Waals surface area contributed by atoms with Gasteiger partial charge < -0.3 is 19.9 Å². The van der Waals surface area contributed by atoms with Crippen LogP contribution in [0.2, 0.25) is 0 Å². The third kappa shape index (κ3) is 6.04. The summed E-state index contributed by atoms with van der Waals surface area (Å²) in [6.07, 6.45) is 4.95. The molecule has 0 unspecified atom stereocenters. The van der Waals surface area contributed by atoms with Gasteiger partial charge >= 0.3 is 6.03 Å². The van der Waals surface area contributed by atoms with Crippen molar-refractivity contribution in [3.8, 4) is 0 Å². The quantitative estimate of drug-likeness (QED) is 0.773. The molecule has 2 amide bonds. The van der Waals surface area contributed by atoms with Crippen molar-refractivity contribution in [2.24, 2.45) is 5.92 Å². The average molecular weight is 315 g/mol. The van der Waals surface area contributed by atoms with Gasteiger partial charge in [-0.1, -0.05) is 0 Å². The molecule has 0 aromatic rings. The zero-order chi connectivity index (χ0) is 15.2. The summed E-state index contributed by atoms with van der Waals surface area (Å²) in [6, 6.07) is 0.265. The molecule has 2 atom stereocenters. The van der Waals surface area contributed by atoms with Crippen LogP contribution in [-0.2, 0) is 4.74 Å². The predicted octanol–water partition coefficient (Wildman–Crippen LogP) is 1.49. The van der Waals surface area contributed by atoms with Crippen LogP contribution < -0.4 is 5.32 Å². The van der Waals surface area contributed by atoms with E-state index in [0.29, 0.717) is 19.7 Å². The molecule has 0 radical (unpaired) electrons. The number of carbonyl (C=O) groups is 1. The third-order valence-corrected chi connectivity index (χ3v) is 4.83. The first-order valence-corrected chi connectivity index (χ1v) is 9.32. The van der Waals surface area contributed by atoms with Crippen LogP contribution in [-0.4, -0.2) is 79.8 Å². The lowest BCUT2D eigenvalue weighted by Gasteiger charge is -2.35. The number of thioether (sulfide) groups is 1. The Hall–Kier alpha value is -0.460. The minimum atomic E-state index is 0.0506. The molecular weight excluding hydrogens is 286 g/mol. The molecule has 0 aromatic carbocycles. The molecule has 1 N–H and O–H groups in total. The fourth-order valence-electron chi connectivity index (χ4n) is 2.77. The minimum absolute atomic E-state index is 0.0506. The molecule has 2 fully saturated rings. The maximum absolute atomic E-state index is 12.2. The Balaban J connectivity index is 1.72. The van der Waals surface area contributed by atoms with Crippen LogP contribution >= 0.6 is 11.8 Å². The molecule has 5 nitrogen and oxygen atoms in total. The SMILES string of the molecule is CSC[C@@H](C)NC(=O)N1CCO[C@@H](CN(C)CC2CC2)C1. The van der Waals surface area contributed by atoms with E-state index in [-0.39, 0.29) is 18.2 Å². The molecule has 1 saturated carbocycles. The van der Waals surface area contributed by atoms with Crippen molar-refractivity contribution in [1.29, 1.82) is 0 Å². The van der Waals surface area contributed by atoms with Gasteiger partial charge in [0.25, 0.3) is 0 Å². The number of nitrogens with one attached hydrogen (secondary N) is 1. The molecule has 1 aliphatic heterocycles. The Morgan fingerprint density at radius 2 is 2.24 bits per heavy atom. The number of nitrogens with zero attached hydrogens (tertiary/aromatic N) is 2. The molecule has 21 heavy (non-hydrogen) atoms. The van der Waals surface area contributed by atoms with E-state index < -0.39 is 0 Å². The molecule has 6 heteroatoms. The topological polar surface area (TPSA) is 44.8 Å². The van der Waals surface area contributed by atoms with E-state index in [2.05, 4.69) is 30.4 Å². The highest BCUT2D eigenvalue weighted by molar-refractivity contribution is 7.98. The lowest BCUT2D eigenvalue weighted by atomic mass is 10.2. The monoisotopic (exact) mass is 315 g/mol. The molecule has 0 spiro atoms. The van der Waals surface area contributed by atoms with Crippen LogP contribution in [0.4, 0.5) is 4.79 Å². The second-order valence-electron chi connectivity index (χ2n) is 6.41. The van der Waals surface area contributed by atoms with Gasteiger partial charge in [-0.3, -0.25) is 0 Å². The van der Waals surface area contributed by atoms with Crippen molar-refractivity contribution in [3.05, 3.63) is 0 Å². The van der Waals surface area contributed by atoms with E-state index in [4.69, 9.17) is 4.74 Å². The van der Waals surface area contributed by atoms with Crippen LogP contribution in [0, 0.1) is 5.92 Å². The lowest BCUT2D eigenvalue weighted by molar-refractivity contribution is -0.0279. The Kier molecular flexibility index (Phi) is 6.64. The van der Waals surface area contributed by atoms with Crippen molar-refractivity contribution < 1.29 is 9.53 Å². The highest BCUT2D eigenvalue weighted by Crippen LogP contribution is 2.29. The Bertz CT molecular complexity index is 339. The summed E-state index contributed by atoms with van der Waals surface area (Å²) >= 11 is 1.75. The van der Waals surface area contributed by atoms with Gasteiger partial charge in [0.2, 0.25) is 0 Å². The van der Waals surface area contributed by atoms with Crippen molar-refractivity contribution in [3.63, 3.8) is 0 Å². The number of urea groups is 1. The van der Waals surface area contributed by atoms with Crippen LogP contribution in [0.1, 0.15) is 19.8 Å². The summed E-state index contributed by atoms with van der Waals surface area (Å²) < 4.78 is 5.82. The molecule has 0 aromatic heterocycles. The van der Waals surface area contributed by atoms with E-state index in [1.54, 1.807) is 11.8 Å². The van der Waals surface area contributed by atoms with E-state index >= 15 is 0 Å². The van der Waals surface area contributed by atoms with Crippen LogP contribution in [0.3, 0.4) is 0 Å². The number of amides is 2. The zero-order valence-corrected chi connectivity index (χ0v) is 14.3. The van der Waals surface area contributed by atoms with Gasteiger partial charge in [-0.25, -0.2) is 4.79 Å². The third-order valence-electron chi connectivity index (χ3n) is 3.99. The van der Waals surface area contributed by atoms with Gasteiger partial charge in [0.15, 0.2) is 0 Å². The maximum Gasteiger partial charge on any atom is 0.317 e. The van der Waals surface area contributed by atoms with E-state index in [0.717, 1.165) is 24.8 Å². The van der Waals surface area contributed by atoms with E-state index in [1.165, 1.54) is 12.8 Å². The largest absolute Gasteiger partial charge is 0.373 e. The fraction of sp³-hybridized carbons (Fsp3) is 0.933. The second-order valence-corrected chi connectivity index (χ2v) is 7.32. The summed E-state index contributed by atoms with van der Waals surface area (Å²) in [6.45, 7) is 6.17. The number of hydrogen-bond donors (Lipinski definition) is 1. The number of rotatable bonds is 7. The molecule has 2 rings (SSSR count). The fourth-order valence-corrected chi connectivity index (χ4v) is 3.35. The lowest BCUT2D eigenvalue weighted by Crippen LogP contribution is -2.53. The first kappa shape index (κ1) is 16.9. The molecule has 122 valence electrons. The summed E-state index contributed by atoms with van der Waals surface area (Å²) in [7, 11) is 2.15. The number of carbonyl (C=O) groups excluding carboxylic acids is 1. The molecule has 2 aliphatic rings. The number of morpholine rings is 1. The van der Waals surface area contributed by atoms with Gasteiger partial charge in [0.1, 0.15) is 0 Å². The van der Waals surface area contributed by atoms with Crippen molar-refractivity contribution >= 4 is 17.8 Å². The van der Waals surface area contributed by atoms with Gasteiger partial charge in [-0.2, -0.15) is 11.8 Å². The molecule has 1 saturated heterocycles. The Morgan fingerprint density at radius 1 is 1.48 bits per heavy atom. The second kappa shape index (κ2) is 8.25. The smallest absolute Gasteiger partial charge is 0.317 e. The van der Waals surface area contributed by atoms with E-state index in [9.17, 15) is 4.79 Å². The minimum Gasteiger partial charge on any atom is -0.373 e. The van der Waals surface area contributed by atoms with Crippen molar-refractivity contribution in [1.82, 2.24) is 15.1 Å². The molecule has 0 bridgehead atoms. The average Bonchev–Trinajstić information content (AvgIpc) is 3.23. The van der Waals surface area contributed by atoms with Gasteiger partial charge in [0.05, 0.1) is 12.7 Å². The number of likely N-dealkylation sites (N-methyl/N-ethyl adjacent to an activating group) is 1. The summed E-state index contributed by atoms with van der Waals surface area (Å²) in [5.41, 5.74) is 0. The number of hydrogen-bond acceptors (Lipinski definition) is 4. The highest BCUT2D eigenvalue weighted by Gasteiger charge is 2.28. The Morgan fingerprint density at radius 3 is 2.90 bits per heavy atom. The van der Waals surface area contributed by atoms with Crippen LogP contribution in [0.25, 0.3) is 0 Å². The van der Waals surface area contributed by atoms with Crippen LogP contribution in [0.5, 0.6) is 0 Å². The van der Waals surface area contributed by atoms with Gasteiger partial charge in [-0.05, 0) is 39.0 Å². The standard InChI is InChI=1S/C15H29N3O2S/c1-12(11-21-3)16-15(19)18-6-7-20-14(10-18)9-17(2)8-13-4-5-13/h12-14H,4-11H2,1-3H3,(H,16,19)/t12-,14+/m1/s1. The Labute approximate surface area is 132 Å². The zero-order valence-electron chi connectivity index (χ0n) is 13.5. The highest BCUT2D eigenvalue weighted by atomic mass is 32.2. The first-order chi connectivity index (χ1) is 10.1. The number of ether oxygens (including phenoxy) is 1. The van der Waals surface area contributed by atoms with Crippen LogP contribution in [0.15, 0.2) is 0 Å². The van der Waals surface area contributed by atoms with Crippen molar-refractivity contribution in [2.75, 3.05) is 51.8 Å². The summed E-state index contributed by atoms with van der Waals surface area (Å²) in [4.78, 5) is 16.5. The van der Waals surface area contributed by atoms with Gasteiger partial charge in [0, 0.05) is 38.0 Å². The molecule has 1 aliphatic carbocycles. The van der Waals surface area contributed by atoms with E-state index in [1.807, 2.05) is 4.90 Å². The van der Waals surface area contributed by atoms with Gasteiger partial charge in [-0.15, -0.1) is 0 Å². The molecule has 1 heterocycles. The van der Waals surface area contributed by atoms with Crippen molar-refractivity contribution in [2.45, 2.75) is 31.9 Å².